The highest BCUT2D eigenvalue weighted by Gasteiger charge is 2.32. The number of carbonyl (C=O) groups excluding carboxylic acids is 2. The van der Waals surface area contributed by atoms with E-state index in [1.54, 1.807) is 18.3 Å². The molecule has 172 valence electrons. The Kier molecular flexibility index (Phi) is 6.69. The van der Waals surface area contributed by atoms with Gasteiger partial charge in [-0.15, -0.1) is 0 Å². The molecule has 8 nitrogen and oxygen atoms in total. The smallest absolute Gasteiger partial charge is 0.274 e. The zero-order valence-electron chi connectivity index (χ0n) is 17.8. The Hall–Kier alpha value is -3.01. The number of halogens is 2. The van der Waals surface area contributed by atoms with Crippen LogP contribution in [0.2, 0.25) is 0 Å². The molecule has 1 unspecified atom stereocenters. The number of hydrogen-bond acceptors (Lipinski definition) is 5. The molecule has 10 heteroatoms. The molecule has 1 atom stereocenters. The van der Waals surface area contributed by atoms with Gasteiger partial charge in [0.25, 0.3) is 12.3 Å². The van der Waals surface area contributed by atoms with Gasteiger partial charge in [0.05, 0.1) is 38.8 Å². The predicted octanol–water partition coefficient (Wildman–Crippen LogP) is 2.40. The summed E-state index contributed by atoms with van der Waals surface area (Å²) in [5.41, 5.74) is 2.11. The van der Waals surface area contributed by atoms with Gasteiger partial charge in [0, 0.05) is 19.0 Å². The molecule has 2 aliphatic heterocycles. The van der Waals surface area contributed by atoms with Gasteiger partial charge in [0.1, 0.15) is 11.9 Å². The molecule has 1 aromatic heterocycles. The number of imidazole rings is 1. The van der Waals surface area contributed by atoms with Crippen LogP contribution in [0.3, 0.4) is 0 Å². The summed E-state index contributed by atoms with van der Waals surface area (Å²) in [4.78, 5) is 31.0. The molecule has 1 N–H and O–H groups in total. The van der Waals surface area contributed by atoms with Crippen molar-refractivity contribution in [2.45, 2.75) is 38.5 Å². The van der Waals surface area contributed by atoms with E-state index in [2.05, 4.69) is 10.3 Å². The maximum atomic E-state index is 13.0. The van der Waals surface area contributed by atoms with E-state index >= 15 is 0 Å². The van der Waals surface area contributed by atoms with E-state index in [-0.39, 0.29) is 30.4 Å². The molecule has 1 fully saturated rings. The van der Waals surface area contributed by atoms with Gasteiger partial charge in [-0.2, -0.15) is 0 Å². The first-order chi connectivity index (χ1) is 15.5. The molecular weight excluding hydrogens is 422 g/mol. The van der Waals surface area contributed by atoms with Crippen molar-refractivity contribution in [1.82, 2.24) is 19.8 Å². The number of likely N-dealkylation sites (tertiary alicyclic amines) is 1. The van der Waals surface area contributed by atoms with Crippen LogP contribution >= 0.6 is 0 Å². The van der Waals surface area contributed by atoms with Gasteiger partial charge in [-0.1, -0.05) is 12.1 Å². The molecule has 1 aromatic carbocycles. The predicted molar refractivity (Wildman–Crippen MR) is 110 cm³/mol. The largest absolute Gasteiger partial charge is 0.497 e. The van der Waals surface area contributed by atoms with Crippen molar-refractivity contribution in [1.29, 1.82) is 0 Å². The number of aromatic nitrogens is 2. The monoisotopic (exact) mass is 448 g/mol. The number of methoxy groups -OCH3 is 1. The number of benzene rings is 1. The average Bonchev–Trinajstić information content (AvgIpc) is 3.25. The van der Waals surface area contributed by atoms with Gasteiger partial charge in [-0.25, -0.2) is 13.8 Å². The van der Waals surface area contributed by atoms with Crippen LogP contribution in [0, 0.1) is 5.92 Å². The zero-order chi connectivity index (χ0) is 22.7. The number of hydrogen-bond donors (Lipinski definition) is 1. The lowest BCUT2D eigenvalue weighted by atomic mass is 9.95. The number of fused-ring (bicyclic) bond motifs is 1. The van der Waals surface area contributed by atoms with Crippen molar-refractivity contribution in [2.24, 2.45) is 5.92 Å². The van der Waals surface area contributed by atoms with Gasteiger partial charge in [-0.05, 0) is 30.5 Å². The highest BCUT2D eigenvalue weighted by Crippen LogP contribution is 2.29. The fourth-order valence-electron chi connectivity index (χ4n) is 4.14. The van der Waals surface area contributed by atoms with E-state index in [9.17, 15) is 18.4 Å². The highest BCUT2D eigenvalue weighted by atomic mass is 19.3. The second-order valence-electron chi connectivity index (χ2n) is 7.97. The summed E-state index contributed by atoms with van der Waals surface area (Å²) in [5.74, 6) is -0.162. The Balaban J connectivity index is 1.35. The molecule has 3 heterocycles. The molecule has 32 heavy (non-hydrogen) atoms. The van der Waals surface area contributed by atoms with Crippen LogP contribution < -0.4 is 10.1 Å². The van der Waals surface area contributed by atoms with Crippen LogP contribution in [0.15, 0.2) is 30.6 Å². The second kappa shape index (κ2) is 9.64. The van der Waals surface area contributed by atoms with Crippen LogP contribution in [0.1, 0.15) is 40.7 Å². The second-order valence-corrected chi connectivity index (χ2v) is 7.97. The minimum Gasteiger partial charge on any atom is -0.497 e. The number of nitrogens with zero attached hydrogens (tertiary/aromatic N) is 3. The molecule has 1 saturated heterocycles. The van der Waals surface area contributed by atoms with Gasteiger partial charge >= 0.3 is 0 Å². The summed E-state index contributed by atoms with van der Waals surface area (Å²) in [6.45, 7) is 0.940. The first-order valence-corrected chi connectivity index (χ1v) is 10.6. The van der Waals surface area contributed by atoms with Gasteiger partial charge in [0.15, 0.2) is 5.69 Å². The summed E-state index contributed by atoms with van der Waals surface area (Å²) < 4.78 is 37.7. The molecule has 0 bridgehead atoms. The number of carbonyl (C=O) groups is 2. The number of alkyl halides is 2. The molecular formula is C22H26F2N4O4. The lowest BCUT2D eigenvalue weighted by molar-refractivity contribution is -0.126. The Morgan fingerprint density at radius 3 is 2.62 bits per heavy atom. The number of nitrogens with one attached hydrogen (secondary N) is 1. The SMILES string of the molecule is COc1ccc(C2Cn3cnc(C(=O)N4CCC(C(=O)NCC(F)F)CC4)c3CO2)cc1. The standard InChI is InChI=1S/C22H26F2N4O4/c1-31-16-4-2-14(3-5-16)18-11-28-13-26-20(17(28)12-32-18)22(30)27-8-6-15(7-9-27)21(29)25-10-19(23)24/h2-5,13,15,18-19H,6-12H2,1H3,(H,25,29). The molecule has 0 spiro atoms. The van der Waals surface area contributed by atoms with Gasteiger partial charge in [-0.3, -0.25) is 9.59 Å². The molecule has 0 aliphatic carbocycles. The summed E-state index contributed by atoms with van der Waals surface area (Å²) >= 11 is 0. The van der Waals surface area contributed by atoms with Gasteiger partial charge in [0.2, 0.25) is 5.91 Å². The fourth-order valence-corrected chi connectivity index (χ4v) is 4.14. The number of amides is 2. The zero-order valence-corrected chi connectivity index (χ0v) is 17.8. The van der Waals surface area contributed by atoms with Crippen LogP contribution in [0.5, 0.6) is 5.75 Å². The molecule has 0 radical (unpaired) electrons. The van der Waals surface area contributed by atoms with Crippen molar-refractivity contribution in [3.8, 4) is 5.75 Å². The summed E-state index contributed by atoms with van der Waals surface area (Å²) in [6, 6.07) is 7.68. The maximum Gasteiger partial charge on any atom is 0.274 e. The molecule has 0 saturated carbocycles. The van der Waals surface area contributed by atoms with Crippen LogP contribution in [-0.4, -0.2) is 59.4 Å². The van der Waals surface area contributed by atoms with E-state index < -0.39 is 13.0 Å². The fraction of sp³-hybridized carbons (Fsp3) is 0.500. The third-order valence-corrected chi connectivity index (χ3v) is 6.00. The van der Waals surface area contributed by atoms with Gasteiger partial charge < -0.3 is 24.3 Å². The average molecular weight is 448 g/mol. The third kappa shape index (κ3) is 4.74. The minimum atomic E-state index is -2.57. The number of piperidine rings is 1. The Bertz CT molecular complexity index is 955. The van der Waals surface area contributed by atoms with Crippen LogP contribution in [-0.2, 0) is 22.7 Å². The lowest BCUT2D eigenvalue weighted by Crippen LogP contribution is -2.44. The van der Waals surface area contributed by atoms with Crippen molar-refractivity contribution < 1.29 is 27.8 Å². The van der Waals surface area contributed by atoms with Crippen molar-refractivity contribution in [2.75, 3.05) is 26.7 Å². The summed E-state index contributed by atoms with van der Waals surface area (Å²) in [5, 5.41) is 2.26. The molecule has 2 aromatic rings. The number of ether oxygens (including phenoxy) is 2. The topological polar surface area (TPSA) is 85.7 Å². The molecule has 4 rings (SSSR count). The Morgan fingerprint density at radius 1 is 1.25 bits per heavy atom. The van der Waals surface area contributed by atoms with E-state index in [0.717, 1.165) is 17.0 Å². The maximum absolute atomic E-state index is 13.0. The van der Waals surface area contributed by atoms with Crippen molar-refractivity contribution >= 4 is 11.8 Å². The van der Waals surface area contributed by atoms with Crippen LogP contribution in [0.25, 0.3) is 0 Å². The normalized spacial score (nSPS) is 19.0. The van der Waals surface area contributed by atoms with Crippen molar-refractivity contribution in [3.63, 3.8) is 0 Å². The first kappa shape index (κ1) is 22.2. The Morgan fingerprint density at radius 2 is 1.97 bits per heavy atom. The Labute approximate surface area is 184 Å². The highest BCUT2D eigenvalue weighted by molar-refractivity contribution is 5.93. The minimum absolute atomic E-state index is 0.145. The van der Waals surface area contributed by atoms with E-state index in [4.69, 9.17) is 9.47 Å². The van der Waals surface area contributed by atoms with Crippen LogP contribution in [0.4, 0.5) is 8.78 Å². The molecule has 2 aliphatic rings. The summed E-state index contributed by atoms with van der Waals surface area (Å²) in [6.07, 6.45) is -0.182. The number of rotatable bonds is 6. The summed E-state index contributed by atoms with van der Waals surface area (Å²) in [7, 11) is 1.62. The quantitative estimate of drug-likeness (QED) is 0.734. The van der Waals surface area contributed by atoms with E-state index in [1.165, 1.54) is 0 Å². The third-order valence-electron chi connectivity index (χ3n) is 6.00. The first-order valence-electron chi connectivity index (χ1n) is 10.6. The van der Waals surface area contributed by atoms with E-state index in [0.29, 0.717) is 38.2 Å². The lowest BCUT2D eigenvalue weighted by Gasteiger charge is -2.31. The molecule has 2 amide bonds. The van der Waals surface area contributed by atoms with E-state index in [1.807, 2.05) is 28.8 Å². The van der Waals surface area contributed by atoms with Crippen molar-refractivity contribution in [3.05, 3.63) is 47.5 Å².